The number of fused-ring (bicyclic) bond motifs is 1. The summed E-state index contributed by atoms with van der Waals surface area (Å²) in [6.45, 7) is 3.10. The summed E-state index contributed by atoms with van der Waals surface area (Å²) < 4.78 is 12.6. The van der Waals surface area contributed by atoms with E-state index in [1.165, 1.54) is 0 Å². The summed E-state index contributed by atoms with van der Waals surface area (Å²) in [5.74, 6) is 0.560. The zero-order valence-corrected chi connectivity index (χ0v) is 14.4. The molecule has 2 saturated heterocycles. The average Bonchev–Trinajstić information content (AvgIpc) is 2.95. The van der Waals surface area contributed by atoms with Crippen molar-refractivity contribution in [3.8, 4) is 0 Å². The first kappa shape index (κ1) is 14.7. The van der Waals surface area contributed by atoms with Gasteiger partial charge in [0.25, 0.3) is 0 Å². The zero-order chi connectivity index (χ0) is 15.2. The monoisotopic (exact) mass is 382 g/mol. The number of pyridine rings is 1. The second kappa shape index (κ2) is 5.64. The number of anilines is 1. The summed E-state index contributed by atoms with van der Waals surface area (Å²) >= 11 is 9.85. The number of piperidine rings is 1. The highest BCUT2D eigenvalue weighted by Gasteiger charge is 2.40. The van der Waals surface area contributed by atoms with Crippen molar-refractivity contribution < 1.29 is 9.47 Å². The van der Waals surface area contributed by atoms with E-state index in [4.69, 9.17) is 21.1 Å². The van der Waals surface area contributed by atoms with Crippen LogP contribution in [-0.4, -0.2) is 37.1 Å². The minimum atomic E-state index is -0.373. The van der Waals surface area contributed by atoms with Gasteiger partial charge in [0.2, 0.25) is 0 Å². The minimum absolute atomic E-state index is 0.373. The number of nitrogens with zero attached hydrogens (tertiary/aromatic N) is 2. The predicted octanol–water partition coefficient (Wildman–Crippen LogP) is 3.99. The summed E-state index contributed by atoms with van der Waals surface area (Å²) in [6, 6.07) is 8.01. The molecule has 2 fully saturated rings. The van der Waals surface area contributed by atoms with E-state index in [2.05, 4.69) is 31.9 Å². The normalized spacial score (nSPS) is 20.9. The van der Waals surface area contributed by atoms with Crippen molar-refractivity contribution in [3.63, 3.8) is 0 Å². The fraction of sp³-hybridized carbons (Fsp3) is 0.438. The van der Waals surface area contributed by atoms with Crippen molar-refractivity contribution in [1.29, 1.82) is 0 Å². The number of ether oxygens (including phenoxy) is 2. The lowest BCUT2D eigenvalue weighted by Crippen LogP contribution is -2.45. The van der Waals surface area contributed by atoms with Crippen LogP contribution >= 0.6 is 27.5 Å². The van der Waals surface area contributed by atoms with Gasteiger partial charge in [-0.05, 0) is 17.5 Å². The van der Waals surface area contributed by atoms with Gasteiger partial charge in [0, 0.05) is 35.8 Å². The molecule has 3 heterocycles. The van der Waals surface area contributed by atoms with Crippen molar-refractivity contribution in [2.45, 2.75) is 18.6 Å². The van der Waals surface area contributed by atoms with Gasteiger partial charge in [-0.2, -0.15) is 0 Å². The second-order valence-corrected chi connectivity index (χ2v) is 6.94. The molecule has 6 heteroatoms. The number of aromatic nitrogens is 1. The third-order valence-electron chi connectivity index (χ3n) is 4.40. The van der Waals surface area contributed by atoms with Gasteiger partial charge in [-0.15, -0.1) is 0 Å². The zero-order valence-electron chi connectivity index (χ0n) is 12.0. The number of hydrogen-bond donors (Lipinski definition) is 0. The van der Waals surface area contributed by atoms with Crippen molar-refractivity contribution >= 4 is 44.1 Å². The molecule has 0 aliphatic carbocycles. The second-order valence-electron chi connectivity index (χ2n) is 5.70. The van der Waals surface area contributed by atoms with Gasteiger partial charge in [0.15, 0.2) is 5.79 Å². The maximum absolute atomic E-state index is 6.21. The van der Waals surface area contributed by atoms with Gasteiger partial charge >= 0.3 is 0 Å². The maximum Gasteiger partial charge on any atom is 0.171 e. The van der Waals surface area contributed by atoms with Gasteiger partial charge in [-0.25, -0.2) is 4.98 Å². The van der Waals surface area contributed by atoms with Crippen LogP contribution in [0.1, 0.15) is 12.8 Å². The smallest absolute Gasteiger partial charge is 0.171 e. The lowest BCUT2D eigenvalue weighted by atomic mass is 10.0. The molecule has 0 unspecified atom stereocenters. The van der Waals surface area contributed by atoms with Crippen molar-refractivity contribution in [2.75, 3.05) is 31.2 Å². The van der Waals surface area contributed by atoms with Gasteiger partial charge in [0.05, 0.1) is 13.2 Å². The van der Waals surface area contributed by atoms with Crippen molar-refractivity contribution in [3.05, 3.63) is 33.9 Å². The van der Waals surface area contributed by atoms with Crippen LogP contribution in [0.2, 0.25) is 5.15 Å². The Kier molecular flexibility index (Phi) is 3.77. The quantitative estimate of drug-likeness (QED) is 0.697. The third kappa shape index (κ3) is 2.50. The predicted molar refractivity (Wildman–Crippen MR) is 90.5 cm³/mol. The Morgan fingerprint density at radius 1 is 1.18 bits per heavy atom. The molecule has 0 atom stereocenters. The summed E-state index contributed by atoms with van der Waals surface area (Å²) in [4.78, 5) is 6.85. The van der Waals surface area contributed by atoms with E-state index in [-0.39, 0.29) is 5.79 Å². The van der Waals surface area contributed by atoms with E-state index in [0.29, 0.717) is 18.4 Å². The molecule has 116 valence electrons. The molecule has 0 bridgehead atoms. The first-order chi connectivity index (χ1) is 10.7. The lowest BCUT2D eigenvalue weighted by molar-refractivity contribution is -0.169. The highest BCUT2D eigenvalue weighted by molar-refractivity contribution is 9.10. The standard InChI is InChI=1S/C16H16BrClN2O2/c17-12-3-1-2-11-10-13(18)19-15(14(11)12)20-6-4-16(5-7-20)21-8-9-22-16/h1-3,10H,4-9H2. The molecular weight excluding hydrogens is 368 g/mol. The van der Waals surface area contributed by atoms with Gasteiger partial charge in [-0.3, -0.25) is 0 Å². The van der Waals surface area contributed by atoms with Crippen LogP contribution in [0.4, 0.5) is 5.82 Å². The molecule has 1 spiro atoms. The van der Waals surface area contributed by atoms with E-state index in [0.717, 1.165) is 47.0 Å². The molecule has 2 aliphatic rings. The van der Waals surface area contributed by atoms with Crippen LogP contribution in [0, 0.1) is 0 Å². The fourth-order valence-corrected chi connectivity index (χ4v) is 4.04. The van der Waals surface area contributed by atoms with Crippen LogP contribution in [0.25, 0.3) is 10.8 Å². The Morgan fingerprint density at radius 2 is 1.91 bits per heavy atom. The van der Waals surface area contributed by atoms with E-state index >= 15 is 0 Å². The number of hydrogen-bond acceptors (Lipinski definition) is 4. The average molecular weight is 384 g/mol. The van der Waals surface area contributed by atoms with Crippen molar-refractivity contribution in [2.24, 2.45) is 0 Å². The summed E-state index contributed by atoms with van der Waals surface area (Å²) in [5.41, 5.74) is 0. The number of halogens is 2. The van der Waals surface area contributed by atoms with Crippen LogP contribution < -0.4 is 4.90 Å². The molecule has 0 N–H and O–H groups in total. The Morgan fingerprint density at radius 3 is 2.64 bits per heavy atom. The first-order valence-electron chi connectivity index (χ1n) is 7.45. The Bertz CT molecular complexity index is 709. The summed E-state index contributed by atoms with van der Waals surface area (Å²) in [7, 11) is 0. The first-order valence-corrected chi connectivity index (χ1v) is 8.62. The van der Waals surface area contributed by atoms with Gasteiger partial charge < -0.3 is 14.4 Å². The summed E-state index contributed by atoms with van der Waals surface area (Å²) in [5, 5.41) is 2.73. The molecule has 0 amide bonds. The molecule has 0 saturated carbocycles. The van der Waals surface area contributed by atoms with Gasteiger partial charge in [-0.1, -0.05) is 39.7 Å². The van der Waals surface area contributed by atoms with Crippen LogP contribution in [-0.2, 0) is 9.47 Å². The molecule has 2 aromatic rings. The highest BCUT2D eigenvalue weighted by atomic mass is 79.9. The minimum Gasteiger partial charge on any atom is -0.356 e. The molecule has 2 aliphatic heterocycles. The Labute approximate surface area is 142 Å². The fourth-order valence-electron chi connectivity index (χ4n) is 3.29. The Balaban J connectivity index is 1.70. The number of benzene rings is 1. The lowest BCUT2D eigenvalue weighted by Gasteiger charge is -2.38. The topological polar surface area (TPSA) is 34.6 Å². The largest absolute Gasteiger partial charge is 0.356 e. The van der Waals surface area contributed by atoms with Crippen LogP contribution in [0.15, 0.2) is 28.7 Å². The SMILES string of the molecule is Clc1cc2cccc(Br)c2c(N2CCC3(CC2)OCCO3)n1. The molecule has 22 heavy (non-hydrogen) atoms. The van der Waals surface area contributed by atoms with Crippen molar-refractivity contribution in [1.82, 2.24) is 4.98 Å². The Hall–Kier alpha value is -0.880. The number of rotatable bonds is 1. The van der Waals surface area contributed by atoms with E-state index in [1.54, 1.807) is 0 Å². The van der Waals surface area contributed by atoms with Gasteiger partial charge in [0.1, 0.15) is 11.0 Å². The highest BCUT2D eigenvalue weighted by Crippen LogP contribution is 2.37. The van der Waals surface area contributed by atoms with E-state index in [1.807, 2.05) is 18.2 Å². The van der Waals surface area contributed by atoms with Crippen LogP contribution in [0.5, 0.6) is 0 Å². The molecule has 1 aromatic carbocycles. The molecule has 4 rings (SSSR count). The summed E-state index contributed by atoms with van der Waals surface area (Å²) in [6.07, 6.45) is 1.71. The molecule has 0 radical (unpaired) electrons. The van der Waals surface area contributed by atoms with E-state index < -0.39 is 0 Å². The third-order valence-corrected chi connectivity index (χ3v) is 5.25. The molecule has 4 nitrogen and oxygen atoms in total. The molecule has 1 aromatic heterocycles. The van der Waals surface area contributed by atoms with Crippen LogP contribution in [0.3, 0.4) is 0 Å². The molecular formula is C16H16BrClN2O2. The van der Waals surface area contributed by atoms with E-state index in [9.17, 15) is 0 Å². The maximum atomic E-state index is 6.21.